The highest BCUT2D eigenvalue weighted by molar-refractivity contribution is 7.18. The van der Waals surface area contributed by atoms with Gasteiger partial charge in [-0.3, -0.25) is 19.8 Å². The van der Waals surface area contributed by atoms with E-state index in [1.54, 1.807) is 49.9 Å². The first-order chi connectivity index (χ1) is 18.4. The van der Waals surface area contributed by atoms with Gasteiger partial charge in [0.05, 0.1) is 34.3 Å². The first kappa shape index (κ1) is 28.1. The first-order valence-electron chi connectivity index (χ1n) is 12.6. The molecule has 1 aromatic carbocycles. The fourth-order valence-electron chi connectivity index (χ4n) is 4.25. The van der Waals surface area contributed by atoms with Crippen LogP contribution in [-0.4, -0.2) is 79.9 Å². The third-order valence-electron chi connectivity index (χ3n) is 6.04. The van der Waals surface area contributed by atoms with Gasteiger partial charge < -0.3 is 24.6 Å². The standard InChI is InChI=1S/C26H32FN5O6S/c1-16(33)28-14-18-15-32(25(36)37-18)17-5-6-20(19(27)13-17)30-9-11-31(12-10-30)23(34)21-7-8-22(39-21)29-24(35)38-26(2,3)4/h5-8,13,18H,9-12,14-15H2,1-4H3,(H,28,33)(H,29,35)/t18-/m0/s1. The smallest absolute Gasteiger partial charge is 0.414 e. The van der Waals surface area contributed by atoms with Crippen LogP contribution >= 0.6 is 11.3 Å². The number of anilines is 3. The maximum absolute atomic E-state index is 15.1. The van der Waals surface area contributed by atoms with Gasteiger partial charge in [0.1, 0.15) is 17.5 Å². The second-order valence-corrected chi connectivity index (χ2v) is 11.3. The van der Waals surface area contributed by atoms with Crippen molar-refractivity contribution in [1.82, 2.24) is 10.2 Å². The summed E-state index contributed by atoms with van der Waals surface area (Å²) < 4.78 is 25.6. The quantitative estimate of drug-likeness (QED) is 0.552. The van der Waals surface area contributed by atoms with E-state index in [0.29, 0.717) is 47.4 Å². The zero-order valence-corrected chi connectivity index (χ0v) is 23.1. The molecule has 1 atom stereocenters. The third kappa shape index (κ3) is 7.16. The summed E-state index contributed by atoms with van der Waals surface area (Å²) >= 11 is 1.17. The molecule has 11 nitrogen and oxygen atoms in total. The van der Waals surface area contributed by atoms with Crippen molar-refractivity contribution in [3.63, 3.8) is 0 Å². The molecule has 0 aliphatic carbocycles. The summed E-state index contributed by atoms with van der Waals surface area (Å²) in [6.07, 6.45) is -1.69. The topological polar surface area (TPSA) is 121 Å². The van der Waals surface area contributed by atoms with Gasteiger partial charge in [-0.15, -0.1) is 11.3 Å². The van der Waals surface area contributed by atoms with Crippen molar-refractivity contribution in [2.24, 2.45) is 0 Å². The summed E-state index contributed by atoms with van der Waals surface area (Å²) in [7, 11) is 0. The van der Waals surface area contributed by atoms with E-state index in [4.69, 9.17) is 9.47 Å². The van der Waals surface area contributed by atoms with Gasteiger partial charge in [0.2, 0.25) is 5.91 Å². The largest absolute Gasteiger partial charge is 0.444 e. The molecular formula is C26H32FN5O6S. The minimum absolute atomic E-state index is 0.158. The van der Waals surface area contributed by atoms with Crippen LogP contribution in [0.1, 0.15) is 37.4 Å². The highest BCUT2D eigenvalue weighted by Crippen LogP contribution is 2.29. The van der Waals surface area contributed by atoms with E-state index in [2.05, 4.69) is 10.6 Å². The fourth-order valence-corrected chi connectivity index (χ4v) is 5.11. The molecule has 2 saturated heterocycles. The van der Waals surface area contributed by atoms with Crippen LogP contribution in [0.15, 0.2) is 30.3 Å². The second kappa shape index (κ2) is 11.5. The van der Waals surface area contributed by atoms with Crippen LogP contribution < -0.4 is 20.4 Å². The van der Waals surface area contributed by atoms with Crippen molar-refractivity contribution in [1.29, 1.82) is 0 Å². The summed E-state index contributed by atoms with van der Waals surface area (Å²) in [5.74, 6) is -0.868. The molecule has 210 valence electrons. The number of hydrogen-bond donors (Lipinski definition) is 2. The molecule has 2 N–H and O–H groups in total. The van der Waals surface area contributed by atoms with E-state index in [9.17, 15) is 19.2 Å². The minimum atomic E-state index is -0.628. The van der Waals surface area contributed by atoms with Crippen molar-refractivity contribution in [2.75, 3.05) is 54.4 Å². The van der Waals surface area contributed by atoms with Gasteiger partial charge in [0, 0.05) is 33.1 Å². The van der Waals surface area contributed by atoms with Gasteiger partial charge in [0.25, 0.3) is 5.91 Å². The Balaban J connectivity index is 1.31. The molecule has 0 radical (unpaired) electrons. The van der Waals surface area contributed by atoms with Crippen LogP contribution in [0.4, 0.5) is 30.4 Å². The van der Waals surface area contributed by atoms with Gasteiger partial charge in [-0.1, -0.05) is 0 Å². The van der Waals surface area contributed by atoms with Crippen LogP contribution in [0.25, 0.3) is 0 Å². The number of halogens is 1. The van der Waals surface area contributed by atoms with Gasteiger partial charge >= 0.3 is 12.2 Å². The molecule has 2 aromatic rings. The number of benzene rings is 1. The highest BCUT2D eigenvalue weighted by Gasteiger charge is 2.33. The average molecular weight is 562 g/mol. The Morgan fingerprint density at radius 3 is 2.49 bits per heavy atom. The van der Waals surface area contributed by atoms with Crippen LogP contribution in [0.2, 0.25) is 0 Å². The maximum Gasteiger partial charge on any atom is 0.414 e. The molecule has 4 amide bonds. The first-order valence-corrected chi connectivity index (χ1v) is 13.4. The lowest BCUT2D eigenvalue weighted by Gasteiger charge is -2.36. The highest BCUT2D eigenvalue weighted by atomic mass is 32.1. The van der Waals surface area contributed by atoms with Crippen molar-refractivity contribution in [3.05, 3.63) is 41.0 Å². The molecule has 1 aromatic heterocycles. The lowest BCUT2D eigenvalue weighted by molar-refractivity contribution is -0.119. The second-order valence-electron chi connectivity index (χ2n) is 10.3. The van der Waals surface area contributed by atoms with Gasteiger partial charge in [0.15, 0.2) is 0 Å². The molecule has 0 spiro atoms. The van der Waals surface area contributed by atoms with Crippen LogP contribution in [0, 0.1) is 5.82 Å². The Morgan fingerprint density at radius 1 is 1.13 bits per heavy atom. The third-order valence-corrected chi connectivity index (χ3v) is 7.03. The summed E-state index contributed by atoms with van der Waals surface area (Å²) in [5.41, 5.74) is 0.124. The molecule has 0 bridgehead atoms. The maximum atomic E-state index is 15.1. The number of cyclic esters (lactones) is 1. The molecule has 39 heavy (non-hydrogen) atoms. The van der Waals surface area contributed by atoms with E-state index < -0.39 is 29.7 Å². The van der Waals surface area contributed by atoms with E-state index in [0.717, 1.165) is 0 Å². The average Bonchev–Trinajstić information content (AvgIpc) is 3.47. The van der Waals surface area contributed by atoms with Crippen molar-refractivity contribution >= 4 is 51.7 Å². The Labute approximate surface area is 229 Å². The van der Waals surface area contributed by atoms with Crippen molar-refractivity contribution in [3.8, 4) is 0 Å². The van der Waals surface area contributed by atoms with Crippen molar-refractivity contribution < 1.29 is 33.0 Å². The molecule has 2 fully saturated rings. The zero-order valence-electron chi connectivity index (χ0n) is 22.3. The van der Waals surface area contributed by atoms with E-state index in [1.165, 1.54) is 29.2 Å². The fraction of sp³-hybridized carbons (Fsp3) is 0.462. The molecule has 13 heteroatoms. The Morgan fingerprint density at radius 2 is 1.85 bits per heavy atom. The molecule has 2 aliphatic heterocycles. The lowest BCUT2D eigenvalue weighted by atomic mass is 10.2. The van der Waals surface area contributed by atoms with E-state index >= 15 is 4.39 Å². The Hall–Kier alpha value is -3.87. The minimum Gasteiger partial charge on any atom is -0.444 e. The predicted molar refractivity (Wildman–Crippen MR) is 145 cm³/mol. The molecule has 0 saturated carbocycles. The predicted octanol–water partition coefficient (Wildman–Crippen LogP) is 3.66. The number of carbonyl (C=O) groups is 4. The number of hydrogen-bond acceptors (Lipinski definition) is 8. The SMILES string of the molecule is CC(=O)NC[C@H]1CN(c2ccc(N3CCN(C(=O)c4ccc(NC(=O)OC(C)(C)C)s4)CC3)c(F)c2)C(=O)O1. The normalized spacial score (nSPS) is 17.6. The monoisotopic (exact) mass is 561 g/mol. The van der Waals surface area contributed by atoms with Gasteiger partial charge in [-0.25, -0.2) is 14.0 Å². The van der Waals surface area contributed by atoms with Gasteiger partial charge in [-0.05, 0) is 51.1 Å². The molecule has 0 unspecified atom stereocenters. The molecule has 4 rings (SSSR count). The summed E-state index contributed by atoms with van der Waals surface area (Å²) in [6.45, 7) is 8.74. The van der Waals surface area contributed by atoms with Crippen LogP contribution in [0.5, 0.6) is 0 Å². The number of rotatable bonds is 6. The van der Waals surface area contributed by atoms with Gasteiger partial charge in [-0.2, -0.15) is 0 Å². The lowest BCUT2D eigenvalue weighted by Crippen LogP contribution is -2.48. The summed E-state index contributed by atoms with van der Waals surface area (Å²) in [5, 5.41) is 5.76. The number of nitrogens with one attached hydrogen (secondary N) is 2. The number of carbonyl (C=O) groups excluding carboxylic acids is 4. The molecular weight excluding hydrogens is 529 g/mol. The number of thiophene rings is 1. The van der Waals surface area contributed by atoms with E-state index in [-0.39, 0.29) is 24.9 Å². The van der Waals surface area contributed by atoms with Crippen LogP contribution in [0.3, 0.4) is 0 Å². The number of piperazine rings is 1. The zero-order chi connectivity index (χ0) is 28.3. The molecule has 3 heterocycles. The molecule has 2 aliphatic rings. The van der Waals surface area contributed by atoms with Crippen molar-refractivity contribution in [2.45, 2.75) is 39.4 Å². The number of amides is 4. The Kier molecular flexibility index (Phi) is 8.28. The van der Waals surface area contributed by atoms with Crippen LogP contribution in [-0.2, 0) is 14.3 Å². The number of nitrogens with zero attached hydrogens (tertiary/aromatic N) is 3. The summed E-state index contributed by atoms with van der Waals surface area (Å²) in [6, 6.07) is 7.88. The van der Waals surface area contributed by atoms with E-state index in [1.807, 2.05) is 4.90 Å². The number of ether oxygens (including phenoxy) is 2. The Bertz CT molecular complexity index is 1250. The summed E-state index contributed by atoms with van der Waals surface area (Å²) in [4.78, 5) is 53.7.